The summed E-state index contributed by atoms with van der Waals surface area (Å²) >= 11 is 1.71. The average Bonchev–Trinajstić information content (AvgIpc) is 3.14. The molecule has 0 fully saturated rings. The van der Waals surface area contributed by atoms with E-state index in [0.717, 1.165) is 23.6 Å². The van der Waals surface area contributed by atoms with Crippen LogP contribution >= 0.6 is 11.3 Å². The minimum Gasteiger partial charge on any atom is -0.396 e. The normalized spacial score (nSPS) is 10.5. The zero-order chi connectivity index (χ0) is 16.6. The second kappa shape index (κ2) is 8.37. The Kier molecular flexibility index (Phi) is 5.70. The summed E-state index contributed by atoms with van der Waals surface area (Å²) in [5, 5.41) is 17.5. The Bertz CT molecular complexity index is 749. The number of rotatable bonds is 8. The van der Waals surface area contributed by atoms with Gasteiger partial charge in [0, 0.05) is 42.1 Å². The van der Waals surface area contributed by atoms with Crippen LogP contribution in [0.4, 0.5) is 11.8 Å². The Morgan fingerprint density at radius 1 is 1.08 bits per heavy atom. The molecule has 3 heterocycles. The molecule has 0 atom stereocenters. The minimum absolute atomic E-state index is 0.139. The maximum atomic E-state index is 8.92. The van der Waals surface area contributed by atoms with Crippen molar-refractivity contribution in [3.63, 3.8) is 0 Å². The second-order valence-electron chi connectivity index (χ2n) is 5.13. The Balaban J connectivity index is 1.81. The van der Waals surface area contributed by atoms with Crippen molar-refractivity contribution < 1.29 is 5.11 Å². The molecule has 0 aliphatic carbocycles. The quantitative estimate of drug-likeness (QED) is 0.546. The topological polar surface area (TPSA) is 83.0 Å². The van der Waals surface area contributed by atoms with E-state index in [0.29, 0.717) is 18.9 Å². The van der Waals surface area contributed by atoms with Gasteiger partial charge in [0.2, 0.25) is 5.95 Å². The molecule has 24 heavy (non-hydrogen) atoms. The molecule has 124 valence electrons. The van der Waals surface area contributed by atoms with Gasteiger partial charge in [-0.2, -0.15) is 4.98 Å². The monoisotopic (exact) mass is 341 g/mol. The predicted octanol–water partition coefficient (Wildman–Crippen LogP) is 3.01. The highest BCUT2D eigenvalue weighted by atomic mass is 32.1. The average molecular weight is 341 g/mol. The lowest BCUT2D eigenvalue weighted by Gasteiger charge is -2.11. The van der Waals surface area contributed by atoms with Gasteiger partial charge in [0.15, 0.2) is 0 Å². The molecule has 0 aromatic carbocycles. The third-order valence-corrected chi connectivity index (χ3v) is 4.22. The number of aliphatic hydroxyl groups is 1. The lowest BCUT2D eigenvalue weighted by atomic mass is 10.2. The first-order chi connectivity index (χ1) is 11.8. The third-order valence-electron chi connectivity index (χ3n) is 3.34. The van der Waals surface area contributed by atoms with Crippen molar-refractivity contribution in [1.82, 2.24) is 15.0 Å². The van der Waals surface area contributed by atoms with E-state index < -0.39 is 0 Å². The van der Waals surface area contributed by atoms with Crippen molar-refractivity contribution >= 4 is 23.1 Å². The van der Waals surface area contributed by atoms with Crippen molar-refractivity contribution in [2.24, 2.45) is 0 Å². The van der Waals surface area contributed by atoms with Gasteiger partial charge in [-0.15, -0.1) is 11.3 Å². The first-order valence-electron chi connectivity index (χ1n) is 7.75. The number of aromatic nitrogens is 3. The molecule has 3 rings (SSSR count). The molecule has 6 nitrogen and oxygen atoms in total. The maximum absolute atomic E-state index is 8.92. The second-order valence-corrected chi connectivity index (χ2v) is 6.17. The van der Waals surface area contributed by atoms with E-state index in [-0.39, 0.29) is 6.61 Å². The molecule has 0 bridgehead atoms. The lowest BCUT2D eigenvalue weighted by Crippen LogP contribution is -2.09. The summed E-state index contributed by atoms with van der Waals surface area (Å²) in [4.78, 5) is 14.3. The van der Waals surface area contributed by atoms with Crippen molar-refractivity contribution in [3.8, 4) is 11.3 Å². The summed E-state index contributed by atoms with van der Waals surface area (Å²) in [6, 6.07) is 9.89. The van der Waals surface area contributed by atoms with Crippen LogP contribution in [-0.4, -0.2) is 33.2 Å². The van der Waals surface area contributed by atoms with E-state index in [1.165, 1.54) is 4.88 Å². The van der Waals surface area contributed by atoms with Crippen molar-refractivity contribution in [2.75, 3.05) is 23.8 Å². The van der Waals surface area contributed by atoms with E-state index in [4.69, 9.17) is 5.11 Å². The summed E-state index contributed by atoms with van der Waals surface area (Å²) < 4.78 is 0. The molecule has 3 aromatic rings. The SMILES string of the molecule is OCCCNc1nc(NCc2cccs2)cc(-c2ccncc2)n1. The summed E-state index contributed by atoms with van der Waals surface area (Å²) in [5.74, 6) is 1.31. The molecule has 0 radical (unpaired) electrons. The highest BCUT2D eigenvalue weighted by molar-refractivity contribution is 7.09. The number of anilines is 2. The van der Waals surface area contributed by atoms with E-state index >= 15 is 0 Å². The zero-order valence-corrected chi connectivity index (χ0v) is 14.0. The van der Waals surface area contributed by atoms with Crippen LogP contribution in [0.25, 0.3) is 11.3 Å². The molecule has 7 heteroatoms. The molecule has 0 unspecified atom stereocenters. The molecular formula is C17H19N5OS. The smallest absolute Gasteiger partial charge is 0.225 e. The van der Waals surface area contributed by atoms with E-state index in [9.17, 15) is 0 Å². The molecule has 0 spiro atoms. The van der Waals surface area contributed by atoms with Gasteiger partial charge in [-0.05, 0) is 30.0 Å². The number of aliphatic hydroxyl groups excluding tert-OH is 1. The van der Waals surface area contributed by atoms with Crippen molar-refractivity contribution in [2.45, 2.75) is 13.0 Å². The maximum Gasteiger partial charge on any atom is 0.225 e. The highest BCUT2D eigenvalue weighted by Crippen LogP contribution is 2.21. The lowest BCUT2D eigenvalue weighted by molar-refractivity contribution is 0.292. The van der Waals surface area contributed by atoms with Crippen molar-refractivity contribution in [1.29, 1.82) is 0 Å². The van der Waals surface area contributed by atoms with Crippen LogP contribution in [0.1, 0.15) is 11.3 Å². The fourth-order valence-electron chi connectivity index (χ4n) is 2.16. The standard InChI is InChI=1S/C17H19N5OS/c23-9-2-6-19-17-21-15(13-4-7-18-8-5-13)11-16(22-17)20-12-14-3-1-10-24-14/h1,3-5,7-8,10-11,23H,2,6,9,12H2,(H2,19,20,21,22). The van der Waals surface area contributed by atoms with E-state index in [2.05, 4.69) is 37.0 Å². The Labute approximate surface area is 144 Å². The van der Waals surface area contributed by atoms with Crippen LogP contribution in [0, 0.1) is 0 Å². The van der Waals surface area contributed by atoms with Gasteiger partial charge in [0.05, 0.1) is 12.2 Å². The van der Waals surface area contributed by atoms with Crippen LogP contribution < -0.4 is 10.6 Å². The number of hydrogen-bond acceptors (Lipinski definition) is 7. The first kappa shape index (κ1) is 16.4. The molecule has 3 N–H and O–H groups in total. The summed E-state index contributed by atoms with van der Waals surface area (Å²) in [5.41, 5.74) is 1.81. The zero-order valence-electron chi connectivity index (χ0n) is 13.1. The highest BCUT2D eigenvalue weighted by Gasteiger charge is 2.07. The van der Waals surface area contributed by atoms with Crippen LogP contribution in [0.5, 0.6) is 0 Å². The molecule has 3 aromatic heterocycles. The van der Waals surface area contributed by atoms with Gasteiger partial charge in [0.25, 0.3) is 0 Å². The van der Waals surface area contributed by atoms with E-state index in [1.54, 1.807) is 23.7 Å². The van der Waals surface area contributed by atoms with Gasteiger partial charge in [-0.3, -0.25) is 4.98 Å². The minimum atomic E-state index is 0.139. The van der Waals surface area contributed by atoms with E-state index in [1.807, 2.05) is 24.3 Å². The summed E-state index contributed by atoms with van der Waals surface area (Å²) in [6.07, 6.45) is 4.14. The molecule has 0 amide bonds. The largest absolute Gasteiger partial charge is 0.396 e. The molecule has 0 saturated carbocycles. The molecule has 0 saturated heterocycles. The van der Waals surface area contributed by atoms with Crippen LogP contribution in [-0.2, 0) is 6.54 Å². The predicted molar refractivity (Wildman–Crippen MR) is 97.1 cm³/mol. The molecular weight excluding hydrogens is 322 g/mol. The number of hydrogen-bond donors (Lipinski definition) is 3. The Morgan fingerprint density at radius 2 is 1.96 bits per heavy atom. The number of pyridine rings is 1. The van der Waals surface area contributed by atoms with Gasteiger partial charge in [-0.25, -0.2) is 4.98 Å². The number of nitrogens with zero attached hydrogens (tertiary/aromatic N) is 3. The van der Waals surface area contributed by atoms with Crippen LogP contribution in [0.3, 0.4) is 0 Å². The number of nitrogens with one attached hydrogen (secondary N) is 2. The summed E-state index contributed by atoms with van der Waals surface area (Å²) in [7, 11) is 0. The van der Waals surface area contributed by atoms with Crippen molar-refractivity contribution in [3.05, 3.63) is 53.0 Å². The van der Waals surface area contributed by atoms with Gasteiger partial charge >= 0.3 is 0 Å². The van der Waals surface area contributed by atoms with Gasteiger partial charge < -0.3 is 15.7 Å². The first-order valence-corrected chi connectivity index (χ1v) is 8.63. The van der Waals surface area contributed by atoms with Crippen LogP contribution in [0.15, 0.2) is 48.1 Å². The van der Waals surface area contributed by atoms with Gasteiger partial charge in [-0.1, -0.05) is 6.07 Å². The Morgan fingerprint density at radius 3 is 2.71 bits per heavy atom. The number of thiophene rings is 1. The fourth-order valence-corrected chi connectivity index (χ4v) is 2.80. The molecule has 0 aliphatic heterocycles. The van der Waals surface area contributed by atoms with Gasteiger partial charge in [0.1, 0.15) is 5.82 Å². The molecule has 0 aliphatic rings. The fraction of sp³-hybridized carbons (Fsp3) is 0.235. The van der Waals surface area contributed by atoms with Crippen LogP contribution in [0.2, 0.25) is 0 Å². The third kappa shape index (κ3) is 4.50. The summed E-state index contributed by atoms with van der Waals surface area (Å²) in [6.45, 7) is 1.49. The Hall–Kier alpha value is -2.51.